The fraction of sp³-hybridized carbons (Fsp3) is 0.400. The summed E-state index contributed by atoms with van der Waals surface area (Å²) < 4.78 is 20.8. The van der Waals surface area contributed by atoms with Crippen LogP contribution in [0.15, 0.2) is 42.5 Å². The predicted octanol–water partition coefficient (Wildman–Crippen LogP) is 4.97. The molecule has 1 saturated carbocycles. The molecule has 2 aliphatic heterocycles. The van der Waals surface area contributed by atoms with Gasteiger partial charge in [-0.3, -0.25) is 9.80 Å². The Hall–Kier alpha value is -3.62. The lowest BCUT2D eigenvalue weighted by Crippen LogP contribution is -2.41. The second kappa shape index (κ2) is 7.72. The molecule has 1 N–H and O–H groups in total. The number of hydrogen-bond donors (Lipinski definition) is 1. The molecule has 3 amide bonds. The molecule has 1 aromatic heterocycles. The van der Waals surface area contributed by atoms with Gasteiger partial charge in [0.05, 0.1) is 16.7 Å². The Bertz CT molecular complexity index is 1280. The second-order valence-electron chi connectivity index (χ2n) is 9.40. The minimum Gasteiger partial charge on any atom is -0.440 e. The summed E-state index contributed by atoms with van der Waals surface area (Å²) in [5, 5.41) is 0. The predicted molar refractivity (Wildman–Crippen MR) is 125 cm³/mol. The van der Waals surface area contributed by atoms with Gasteiger partial charge in [-0.15, -0.1) is 0 Å². The van der Waals surface area contributed by atoms with E-state index in [0.717, 1.165) is 30.5 Å². The lowest BCUT2D eigenvalue weighted by molar-refractivity contribution is 0.00312. The molecule has 2 saturated heterocycles. The number of likely N-dealkylation sites (N-methyl/N-ethyl adjacent to an activating group) is 1. The Balaban J connectivity index is 1.45. The molecule has 1 atom stereocenters. The molecule has 0 unspecified atom stereocenters. The molecule has 2 aromatic carbocycles. The van der Waals surface area contributed by atoms with Gasteiger partial charge >= 0.3 is 12.1 Å². The highest BCUT2D eigenvalue weighted by Gasteiger charge is 2.57. The van der Waals surface area contributed by atoms with Crippen LogP contribution in [0.1, 0.15) is 44.0 Å². The van der Waals surface area contributed by atoms with Gasteiger partial charge in [0.15, 0.2) is 0 Å². The van der Waals surface area contributed by atoms with Crippen molar-refractivity contribution in [2.75, 3.05) is 29.9 Å². The average Bonchev–Trinajstić information content (AvgIpc) is 3.48. The fourth-order valence-corrected chi connectivity index (χ4v) is 5.60. The number of benzene rings is 2. The lowest BCUT2D eigenvalue weighted by atomic mass is 9.79. The number of urea groups is 1. The van der Waals surface area contributed by atoms with Gasteiger partial charge in [-0.2, -0.15) is 0 Å². The summed E-state index contributed by atoms with van der Waals surface area (Å²) in [5.41, 5.74) is 1.68. The molecule has 3 aliphatic rings. The van der Waals surface area contributed by atoms with E-state index in [2.05, 4.69) is 4.98 Å². The molecule has 34 heavy (non-hydrogen) atoms. The number of fused-ring (bicyclic) bond motifs is 1. The van der Waals surface area contributed by atoms with E-state index in [0.29, 0.717) is 37.3 Å². The zero-order valence-corrected chi connectivity index (χ0v) is 19.0. The number of carbonyl (C=O) groups excluding carboxylic acids is 2. The molecular formula is C25H26FN5O3. The lowest BCUT2D eigenvalue weighted by Gasteiger charge is -2.36. The molecule has 3 aromatic rings. The minimum absolute atomic E-state index is 0.0446. The largest absolute Gasteiger partial charge is 0.440 e. The summed E-state index contributed by atoms with van der Waals surface area (Å²) >= 11 is 0. The van der Waals surface area contributed by atoms with Crippen LogP contribution in [-0.2, 0) is 4.74 Å². The zero-order chi connectivity index (χ0) is 23.4. The number of carbonyl (C=O) groups is 2. The number of nitrogens with one attached hydrogen (secondary N) is 1. The van der Waals surface area contributed by atoms with E-state index < -0.39 is 23.6 Å². The first kappa shape index (κ1) is 20.9. The third-order valence-corrected chi connectivity index (χ3v) is 7.33. The van der Waals surface area contributed by atoms with Gasteiger partial charge in [0.2, 0.25) is 0 Å². The first-order valence-corrected chi connectivity index (χ1v) is 11.8. The van der Waals surface area contributed by atoms with Gasteiger partial charge in [0.1, 0.15) is 23.3 Å². The Morgan fingerprint density at radius 3 is 2.62 bits per heavy atom. The van der Waals surface area contributed by atoms with Crippen molar-refractivity contribution in [3.63, 3.8) is 0 Å². The Labute approximate surface area is 196 Å². The van der Waals surface area contributed by atoms with Crippen LogP contribution in [-0.4, -0.2) is 52.7 Å². The molecular weight excluding hydrogens is 437 g/mol. The molecule has 1 aliphatic carbocycles. The van der Waals surface area contributed by atoms with E-state index >= 15 is 0 Å². The molecule has 1 spiro atoms. The number of aromatic amines is 1. The van der Waals surface area contributed by atoms with Crippen molar-refractivity contribution in [3.8, 4) is 0 Å². The van der Waals surface area contributed by atoms with Gasteiger partial charge in [-0.25, -0.2) is 19.0 Å². The molecule has 0 radical (unpaired) electrons. The van der Waals surface area contributed by atoms with E-state index in [4.69, 9.17) is 9.72 Å². The minimum atomic E-state index is -0.762. The Morgan fingerprint density at radius 2 is 1.88 bits per heavy atom. The number of rotatable bonds is 3. The third kappa shape index (κ3) is 3.13. The Kier molecular flexibility index (Phi) is 4.75. The van der Waals surface area contributed by atoms with Gasteiger partial charge in [0, 0.05) is 25.8 Å². The van der Waals surface area contributed by atoms with Crippen molar-refractivity contribution in [1.29, 1.82) is 0 Å². The van der Waals surface area contributed by atoms with Crippen LogP contribution in [0, 0.1) is 5.82 Å². The first-order valence-electron chi connectivity index (χ1n) is 11.8. The summed E-state index contributed by atoms with van der Waals surface area (Å²) in [7, 11) is 1.78. The molecule has 6 rings (SSSR count). The molecule has 3 heterocycles. The number of hydrogen-bond acceptors (Lipinski definition) is 4. The number of para-hydroxylation sites is 1. The SMILES string of the molecule is CN1CCN(c2ccc3[nH]c([C@H]4N(c5ccccc5F)C(=O)OC45CCCCC5)nc3c2)C1=O. The number of H-pyrrole nitrogens is 1. The normalized spacial score (nSPS) is 22.3. The summed E-state index contributed by atoms with van der Waals surface area (Å²) in [6.07, 6.45) is 3.79. The van der Waals surface area contributed by atoms with Crippen molar-refractivity contribution >= 4 is 34.5 Å². The second-order valence-corrected chi connectivity index (χ2v) is 9.40. The van der Waals surface area contributed by atoms with Crippen LogP contribution >= 0.6 is 0 Å². The maximum atomic E-state index is 14.8. The highest BCUT2D eigenvalue weighted by atomic mass is 19.1. The van der Waals surface area contributed by atoms with Gasteiger partial charge in [-0.05, 0) is 56.0 Å². The number of aromatic nitrogens is 2. The fourth-order valence-electron chi connectivity index (χ4n) is 5.60. The van der Waals surface area contributed by atoms with Crippen molar-refractivity contribution < 1.29 is 18.7 Å². The van der Waals surface area contributed by atoms with Crippen LogP contribution in [0.4, 0.5) is 25.4 Å². The van der Waals surface area contributed by atoms with Gasteiger partial charge in [0.25, 0.3) is 0 Å². The summed E-state index contributed by atoms with van der Waals surface area (Å²) in [4.78, 5) is 38.6. The van der Waals surface area contributed by atoms with Crippen molar-refractivity contribution in [2.24, 2.45) is 0 Å². The third-order valence-electron chi connectivity index (χ3n) is 7.33. The topological polar surface area (TPSA) is 81.8 Å². The van der Waals surface area contributed by atoms with E-state index in [-0.39, 0.29) is 11.7 Å². The number of anilines is 2. The molecule has 176 valence electrons. The van der Waals surface area contributed by atoms with Crippen LogP contribution in [0.3, 0.4) is 0 Å². The molecule has 8 nitrogen and oxygen atoms in total. The first-order chi connectivity index (χ1) is 16.5. The van der Waals surface area contributed by atoms with Crippen LogP contribution in [0.25, 0.3) is 11.0 Å². The maximum absolute atomic E-state index is 14.8. The van der Waals surface area contributed by atoms with E-state index in [1.54, 1.807) is 35.0 Å². The van der Waals surface area contributed by atoms with E-state index in [9.17, 15) is 14.0 Å². The smallest absolute Gasteiger partial charge is 0.415 e. The van der Waals surface area contributed by atoms with E-state index in [1.165, 1.54) is 11.0 Å². The van der Waals surface area contributed by atoms with Crippen LogP contribution in [0.5, 0.6) is 0 Å². The maximum Gasteiger partial charge on any atom is 0.415 e. The highest BCUT2D eigenvalue weighted by molar-refractivity contribution is 5.96. The molecule has 9 heteroatoms. The van der Waals surface area contributed by atoms with Gasteiger partial charge in [-0.1, -0.05) is 18.6 Å². The summed E-state index contributed by atoms with van der Waals surface area (Å²) in [6.45, 7) is 1.29. The van der Waals surface area contributed by atoms with Crippen LogP contribution < -0.4 is 9.80 Å². The number of imidazole rings is 1. The van der Waals surface area contributed by atoms with Gasteiger partial charge < -0.3 is 14.6 Å². The Morgan fingerprint density at radius 1 is 1.09 bits per heavy atom. The van der Waals surface area contributed by atoms with Crippen molar-refractivity contribution in [3.05, 3.63) is 54.1 Å². The molecule has 3 fully saturated rings. The summed E-state index contributed by atoms with van der Waals surface area (Å²) in [5.74, 6) is 0.0837. The van der Waals surface area contributed by atoms with E-state index in [1.807, 2.05) is 18.2 Å². The monoisotopic (exact) mass is 463 g/mol. The van der Waals surface area contributed by atoms with Crippen molar-refractivity contribution in [2.45, 2.75) is 43.7 Å². The quantitative estimate of drug-likeness (QED) is 0.594. The highest BCUT2D eigenvalue weighted by Crippen LogP contribution is 2.51. The zero-order valence-electron chi connectivity index (χ0n) is 19.0. The standard InChI is InChI=1S/C25H26FN5O3/c1-29-13-14-30(23(29)32)16-9-10-18-19(15-16)28-22(27-18)21-25(11-5-2-6-12-25)34-24(33)31(21)20-8-4-3-7-17(20)26/h3-4,7-10,15,21H,2,5-6,11-14H2,1H3,(H,27,28)/t21-/m1/s1. The number of ether oxygens (including phenoxy) is 1. The summed E-state index contributed by atoms with van der Waals surface area (Å²) in [6, 6.07) is 11.3. The molecule has 0 bridgehead atoms. The van der Waals surface area contributed by atoms with Crippen molar-refractivity contribution in [1.82, 2.24) is 14.9 Å². The number of nitrogens with zero attached hydrogens (tertiary/aromatic N) is 4. The average molecular weight is 464 g/mol. The number of amides is 3. The van der Waals surface area contributed by atoms with Crippen LogP contribution in [0.2, 0.25) is 0 Å². The number of halogens is 1.